The van der Waals surface area contributed by atoms with E-state index in [2.05, 4.69) is 41.2 Å². The molecule has 0 aromatic carbocycles. The molecule has 3 N–H and O–H groups in total. The van der Waals surface area contributed by atoms with Crippen LogP contribution in [-0.2, 0) is 5.41 Å². The van der Waals surface area contributed by atoms with E-state index in [1.54, 1.807) is 6.07 Å². The van der Waals surface area contributed by atoms with E-state index in [1.165, 1.54) is 0 Å². The highest BCUT2D eigenvalue weighted by atomic mass is 16.5. The molecule has 0 radical (unpaired) electrons. The average Bonchev–Trinajstić information content (AvgIpc) is 2.67. The number of hydrogen-bond donors (Lipinski definition) is 2. The summed E-state index contributed by atoms with van der Waals surface area (Å²) in [6.07, 6.45) is 0. The zero-order valence-corrected chi connectivity index (χ0v) is 13.5. The van der Waals surface area contributed by atoms with E-state index in [0.29, 0.717) is 11.6 Å². The molecule has 0 aliphatic carbocycles. The fourth-order valence-electron chi connectivity index (χ4n) is 2.28. The van der Waals surface area contributed by atoms with Crippen molar-refractivity contribution in [2.24, 2.45) is 0 Å². The van der Waals surface area contributed by atoms with Crippen LogP contribution in [0.5, 0.6) is 0 Å². The van der Waals surface area contributed by atoms with Crippen LogP contribution in [0.15, 0.2) is 10.6 Å². The Kier molecular flexibility index (Phi) is 3.89. The fraction of sp³-hybridized carbons (Fsp3) is 0.533. The first kappa shape index (κ1) is 15.3. The molecule has 1 atom stereocenters. The maximum Gasteiger partial charge on any atom is 0.139 e. The SMILES string of the molecule is Cc1noc(C)c1C(C)Nc1cc(N)nc(C(C)(C)C)n1. The maximum absolute atomic E-state index is 5.89. The van der Waals surface area contributed by atoms with Gasteiger partial charge in [0.05, 0.1) is 11.7 Å². The Bertz CT molecular complexity index is 622. The summed E-state index contributed by atoms with van der Waals surface area (Å²) in [4.78, 5) is 8.87. The van der Waals surface area contributed by atoms with Crippen molar-refractivity contribution >= 4 is 11.6 Å². The second kappa shape index (κ2) is 5.35. The summed E-state index contributed by atoms with van der Waals surface area (Å²) in [5.41, 5.74) is 7.66. The number of nitrogens with two attached hydrogens (primary N) is 1. The Labute approximate surface area is 125 Å². The Morgan fingerprint density at radius 2 is 1.90 bits per heavy atom. The fourth-order valence-corrected chi connectivity index (χ4v) is 2.28. The van der Waals surface area contributed by atoms with Crippen molar-refractivity contribution in [3.8, 4) is 0 Å². The van der Waals surface area contributed by atoms with Gasteiger partial charge in [0.1, 0.15) is 23.2 Å². The first-order chi connectivity index (χ1) is 9.68. The molecule has 2 aromatic rings. The molecule has 6 nitrogen and oxygen atoms in total. The number of aromatic nitrogens is 3. The van der Waals surface area contributed by atoms with E-state index >= 15 is 0 Å². The van der Waals surface area contributed by atoms with Gasteiger partial charge in [0.2, 0.25) is 0 Å². The predicted molar refractivity (Wildman–Crippen MR) is 83.2 cm³/mol. The van der Waals surface area contributed by atoms with Crippen molar-refractivity contribution < 1.29 is 4.52 Å². The summed E-state index contributed by atoms with van der Waals surface area (Å²) in [5.74, 6) is 2.70. The van der Waals surface area contributed by atoms with Gasteiger partial charge in [0.25, 0.3) is 0 Å². The van der Waals surface area contributed by atoms with Gasteiger partial charge in [-0.05, 0) is 20.8 Å². The van der Waals surface area contributed by atoms with Gasteiger partial charge in [-0.3, -0.25) is 0 Å². The summed E-state index contributed by atoms with van der Waals surface area (Å²) in [6, 6.07) is 1.77. The van der Waals surface area contributed by atoms with Crippen LogP contribution < -0.4 is 11.1 Å². The molecule has 0 aliphatic rings. The van der Waals surface area contributed by atoms with Crippen molar-refractivity contribution in [1.82, 2.24) is 15.1 Å². The third-order valence-electron chi connectivity index (χ3n) is 3.30. The summed E-state index contributed by atoms with van der Waals surface area (Å²) in [6.45, 7) is 12.1. The molecule has 0 fully saturated rings. The van der Waals surface area contributed by atoms with Crippen LogP contribution in [0.1, 0.15) is 56.6 Å². The van der Waals surface area contributed by atoms with Crippen LogP contribution in [-0.4, -0.2) is 15.1 Å². The van der Waals surface area contributed by atoms with Gasteiger partial charge in [-0.2, -0.15) is 0 Å². The summed E-state index contributed by atoms with van der Waals surface area (Å²) >= 11 is 0. The molecule has 0 saturated heterocycles. The van der Waals surface area contributed by atoms with Crippen LogP contribution in [0.3, 0.4) is 0 Å². The summed E-state index contributed by atoms with van der Waals surface area (Å²) < 4.78 is 5.21. The van der Waals surface area contributed by atoms with Crippen LogP contribution in [0.2, 0.25) is 0 Å². The Morgan fingerprint density at radius 3 is 2.43 bits per heavy atom. The molecule has 0 amide bonds. The molecule has 6 heteroatoms. The number of nitrogens with zero attached hydrogens (tertiary/aromatic N) is 3. The number of aryl methyl sites for hydroxylation is 2. The third-order valence-corrected chi connectivity index (χ3v) is 3.30. The van der Waals surface area contributed by atoms with Crippen molar-refractivity contribution in [3.63, 3.8) is 0 Å². The van der Waals surface area contributed by atoms with Gasteiger partial charge in [-0.15, -0.1) is 0 Å². The highest BCUT2D eigenvalue weighted by Crippen LogP contribution is 2.26. The second-order valence-corrected chi connectivity index (χ2v) is 6.36. The van der Waals surface area contributed by atoms with E-state index < -0.39 is 0 Å². The normalized spacial score (nSPS) is 13.2. The zero-order chi connectivity index (χ0) is 15.8. The lowest BCUT2D eigenvalue weighted by Gasteiger charge is -2.20. The molecule has 0 bridgehead atoms. The van der Waals surface area contributed by atoms with Crippen molar-refractivity contribution in [2.45, 2.75) is 53.0 Å². The lowest BCUT2D eigenvalue weighted by atomic mass is 9.96. The number of nitrogens with one attached hydrogen (secondary N) is 1. The molecule has 0 saturated carbocycles. The number of nitrogen functional groups attached to an aromatic ring is 1. The van der Waals surface area contributed by atoms with Gasteiger partial charge < -0.3 is 15.6 Å². The quantitative estimate of drug-likeness (QED) is 0.902. The molecule has 1 unspecified atom stereocenters. The Hall–Kier alpha value is -2.11. The molecule has 21 heavy (non-hydrogen) atoms. The molecule has 2 aromatic heterocycles. The molecule has 0 aliphatic heterocycles. The van der Waals surface area contributed by atoms with Gasteiger partial charge in [0, 0.05) is 17.0 Å². The van der Waals surface area contributed by atoms with E-state index in [0.717, 1.165) is 22.8 Å². The minimum absolute atomic E-state index is 0.0263. The first-order valence-corrected chi connectivity index (χ1v) is 7.03. The number of hydrogen-bond acceptors (Lipinski definition) is 6. The van der Waals surface area contributed by atoms with E-state index in [9.17, 15) is 0 Å². The highest BCUT2D eigenvalue weighted by molar-refractivity contribution is 5.47. The van der Waals surface area contributed by atoms with Crippen LogP contribution >= 0.6 is 0 Å². The van der Waals surface area contributed by atoms with Crippen LogP contribution in [0.25, 0.3) is 0 Å². The molecule has 2 rings (SSSR count). The van der Waals surface area contributed by atoms with Gasteiger partial charge >= 0.3 is 0 Å². The van der Waals surface area contributed by atoms with Gasteiger partial charge in [-0.25, -0.2) is 9.97 Å². The van der Waals surface area contributed by atoms with Crippen molar-refractivity contribution in [1.29, 1.82) is 0 Å². The largest absolute Gasteiger partial charge is 0.384 e. The standard InChI is InChI=1S/C15H23N5O/c1-8(13-9(2)20-21-10(13)3)17-12-7-11(16)18-14(19-12)15(4,5)6/h7-8H,1-6H3,(H3,16,17,18,19). The summed E-state index contributed by atoms with van der Waals surface area (Å²) in [5, 5.41) is 7.33. The monoisotopic (exact) mass is 289 g/mol. The topological polar surface area (TPSA) is 89.9 Å². The van der Waals surface area contributed by atoms with Gasteiger partial charge in [-0.1, -0.05) is 25.9 Å². The van der Waals surface area contributed by atoms with Crippen LogP contribution in [0.4, 0.5) is 11.6 Å². The molecule has 114 valence electrons. The number of anilines is 2. The smallest absolute Gasteiger partial charge is 0.139 e. The summed E-state index contributed by atoms with van der Waals surface area (Å²) in [7, 11) is 0. The lowest BCUT2D eigenvalue weighted by molar-refractivity contribution is 0.392. The molecular formula is C15H23N5O. The van der Waals surface area contributed by atoms with Gasteiger partial charge in [0.15, 0.2) is 0 Å². The lowest BCUT2D eigenvalue weighted by Crippen LogP contribution is -2.19. The second-order valence-electron chi connectivity index (χ2n) is 6.36. The van der Waals surface area contributed by atoms with E-state index in [4.69, 9.17) is 10.3 Å². The third kappa shape index (κ3) is 3.32. The van der Waals surface area contributed by atoms with E-state index in [1.807, 2.05) is 20.8 Å². The van der Waals surface area contributed by atoms with Crippen molar-refractivity contribution in [2.75, 3.05) is 11.1 Å². The average molecular weight is 289 g/mol. The Morgan fingerprint density at radius 1 is 1.24 bits per heavy atom. The zero-order valence-electron chi connectivity index (χ0n) is 13.5. The predicted octanol–water partition coefficient (Wildman–Crippen LogP) is 3.13. The Balaban J connectivity index is 2.30. The van der Waals surface area contributed by atoms with Crippen molar-refractivity contribution in [3.05, 3.63) is 28.9 Å². The minimum atomic E-state index is -0.155. The van der Waals surface area contributed by atoms with E-state index in [-0.39, 0.29) is 11.5 Å². The number of rotatable bonds is 3. The van der Waals surface area contributed by atoms with Crippen LogP contribution in [0, 0.1) is 13.8 Å². The minimum Gasteiger partial charge on any atom is -0.384 e. The highest BCUT2D eigenvalue weighted by Gasteiger charge is 2.21. The molecule has 0 spiro atoms. The first-order valence-electron chi connectivity index (χ1n) is 7.03. The maximum atomic E-state index is 5.89. The molecule has 2 heterocycles. The molecular weight excluding hydrogens is 266 g/mol.